The summed E-state index contributed by atoms with van der Waals surface area (Å²) in [6, 6.07) is 0.143. The van der Waals surface area contributed by atoms with Crippen LogP contribution in [-0.4, -0.2) is 41.1 Å². The number of carbonyl (C=O) groups is 2. The number of aliphatic carboxylic acids is 1. The summed E-state index contributed by atoms with van der Waals surface area (Å²) < 4.78 is 0. The summed E-state index contributed by atoms with van der Waals surface area (Å²) in [6.45, 7) is 7.22. The smallest absolute Gasteiger partial charge is 0.317 e. The second kappa shape index (κ2) is 6.02. The van der Waals surface area contributed by atoms with Crippen LogP contribution < -0.4 is 5.32 Å². The van der Waals surface area contributed by atoms with Crippen molar-refractivity contribution in [3.63, 3.8) is 0 Å². The van der Waals surface area contributed by atoms with Crippen molar-refractivity contribution in [2.24, 2.45) is 23.7 Å². The van der Waals surface area contributed by atoms with Gasteiger partial charge in [-0.25, -0.2) is 4.79 Å². The van der Waals surface area contributed by atoms with Crippen LogP contribution in [0.15, 0.2) is 0 Å². The summed E-state index contributed by atoms with van der Waals surface area (Å²) in [5.41, 5.74) is 0. The number of carboxylic acid groups (broad SMARTS) is 1. The predicted molar refractivity (Wildman–Crippen MR) is 76.4 cm³/mol. The molecule has 5 atom stereocenters. The van der Waals surface area contributed by atoms with Crippen LogP contribution in [0.4, 0.5) is 4.79 Å². The second-order valence-corrected chi connectivity index (χ2v) is 6.78. The fraction of sp³-hybridized carbons (Fsp3) is 0.867. The Balaban J connectivity index is 1.88. The number of hydrogen-bond acceptors (Lipinski definition) is 2. The molecular weight excluding hydrogens is 256 g/mol. The van der Waals surface area contributed by atoms with Crippen molar-refractivity contribution in [1.82, 2.24) is 10.2 Å². The zero-order chi connectivity index (χ0) is 14.9. The molecule has 0 aromatic heterocycles. The second-order valence-electron chi connectivity index (χ2n) is 6.78. The molecule has 2 amide bonds. The van der Waals surface area contributed by atoms with Gasteiger partial charge in [-0.05, 0) is 37.0 Å². The molecule has 0 radical (unpaired) electrons. The molecule has 2 N–H and O–H groups in total. The normalized spacial score (nSPS) is 37.8. The first kappa shape index (κ1) is 15.1. The van der Waals surface area contributed by atoms with E-state index in [2.05, 4.69) is 19.2 Å². The van der Waals surface area contributed by atoms with Crippen LogP contribution in [-0.2, 0) is 4.79 Å². The molecule has 0 spiro atoms. The molecule has 1 aliphatic carbocycles. The Labute approximate surface area is 120 Å². The third-order valence-electron chi connectivity index (χ3n) is 4.96. The third kappa shape index (κ3) is 3.25. The van der Waals surface area contributed by atoms with Crippen LogP contribution in [0.3, 0.4) is 0 Å². The average molecular weight is 282 g/mol. The molecule has 0 aromatic rings. The molecule has 5 unspecified atom stereocenters. The molecule has 20 heavy (non-hydrogen) atoms. The van der Waals surface area contributed by atoms with E-state index in [-0.39, 0.29) is 18.0 Å². The Kier molecular flexibility index (Phi) is 4.55. The highest BCUT2D eigenvalue weighted by Gasteiger charge is 2.38. The highest BCUT2D eigenvalue weighted by Crippen LogP contribution is 2.29. The molecule has 2 fully saturated rings. The van der Waals surface area contributed by atoms with Gasteiger partial charge in [0.2, 0.25) is 0 Å². The molecular formula is C15H26N2O3. The van der Waals surface area contributed by atoms with Crippen molar-refractivity contribution in [2.45, 2.75) is 46.1 Å². The summed E-state index contributed by atoms with van der Waals surface area (Å²) in [4.78, 5) is 25.0. The van der Waals surface area contributed by atoms with E-state index in [1.165, 1.54) is 0 Å². The molecule has 1 aliphatic heterocycles. The Morgan fingerprint density at radius 1 is 1.10 bits per heavy atom. The van der Waals surface area contributed by atoms with Gasteiger partial charge in [-0.15, -0.1) is 0 Å². The van der Waals surface area contributed by atoms with Gasteiger partial charge >= 0.3 is 12.0 Å². The van der Waals surface area contributed by atoms with Crippen molar-refractivity contribution in [3.8, 4) is 0 Å². The Hall–Kier alpha value is -1.26. The number of nitrogens with zero attached hydrogens (tertiary/aromatic N) is 1. The highest BCUT2D eigenvalue weighted by atomic mass is 16.4. The molecule has 1 saturated heterocycles. The Morgan fingerprint density at radius 2 is 1.80 bits per heavy atom. The molecule has 2 aliphatic rings. The van der Waals surface area contributed by atoms with Crippen LogP contribution >= 0.6 is 0 Å². The molecule has 0 aromatic carbocycles. The minimum Gasteiger partial charge on any atom is -0.481 e. The van der Waals surface area contributed by atoms with Gasteiger partial charge in [0.25, 0.3) is 0 Å². The quantitative estimate of drug-likeness (QED) is 0.815. The van der Waals surface area contributed by atoms with Gasteiger partial charge in [0, 0.05) is 19.1 Å². The fourth-order valence-electron chi connectivity index (χ4n) is 3.58. The van der Waals surface area contributed by atoms with Crippen molar-refractivity contribution in [3.05, 3.63) is 0 Å². The van der Waals surface area contributed by atoms with Gasteiger partial charge in [-0.2, -0.15) is 0 Å². The SMILES string of the molecule is CC1CCC(NC(=O)N2CC(C)C(C(=O)O)C2)C(C)C1. The van der Waals surface area contributed by atoms with Crippen LogP contribution in [0, 0.1) is 23.7 Å². The topological polar surface area (TPSA) is 69.6 Å². The van der Waals surface area contributed by atoms with E-state index in [9.17, 15) is 9.59 Å². The maximum atomic E-state index is 12.3. The number of likely N-dealkylation sites (tertiary alicyclic amines) is 1. The standard InChI is InChI=1S/C15H26N2O3/c1-9-4-5-13(10(2)6-9)16-15(20)17-7-11(3)12(8-17)14(18)19/h9-13H,4-8H2,1-3H3,(H,16,20)(H,18,19). The number of carbonyl (C=O) groups excluding carboxylic acids is 1. The van der Waals surface area contributed by atoms with Crippen molar-refractivity contribution in [1.29, 1.82) is 0 Å². The number of carboxylic acids is 1. The minimum atomic E-state index is -0.798. The van der Waals surface area contributed by atoms with E-state index < -0.39 is 11.9 Å². The van der Waals surface area contributed by atoms with Crippen LogP contribution in [0.25, 0.3) is 0 Å². The number of urea groups is 1. The Morgan fingerprint density at radius 3 is 2.35 bits per heavy atom. The lowest BCUT2D eigenvalue weighted by molar-refractivity contribution is -0.142. The molecule has 2 rings (SSSR count). The zero-order valence-electron chi connectivity index (χ0n) is 12.6. The summed E-state index contributed by atoms with van der Waals surface area (Å²) >= 11 is 0. The van der Waals surface area contributed by atoms with Crippen molar-refractivity contribution in [2.75, 3.05) is 13.1 Å². The van der Waals surface area contributed by atoms with Crippen LogP contribution in [0.1, 0.15) is 40.0 Å². The molecule has 1 heterocycles. The van der Waals surface area contributed by atoms with E-state index in [1.807, 2.05) is 6.92 Å². The highest BCUT2D eigenvalue weighted by molar-refractivity contribution is 5.77. The van der Waals surface area contributed by atoms with Gasteiger partial charge < -0.3 is 15.3 Å². The number of nitrogens with one attached hydrogen (secondary N) is 1. The minimum absolute atomic E-state index is 0.0297. The van der Waals surface area contributed by atoms with Gasteiger partial charge in [0.1, 0.15) is 0 Å². The van der Waals surface area contributed by atoms with Crippen molar-refractivity contribution >= 4 is 12.0 Å². The first-order valence-electron chi connectivity index (χ1n) is 7.66. The van der Waals surface area contributed by atoms with E-state index in [0.717, 1.165) is 25.2 Å². The summed E-state index contributed by atoms with van der Waals surface area (Å²) in [5.74, 6) is 0.0404. The molecule has 0 bridgehead atoms. The summed E-state index contributed by atoms with van der Waals surface area (Å²) in [5, 5.41) is 12.2. The first-order chi connectivity index (χ1) is 9.38. The molecule has 1 saturated carbocycles. The van der Waals surface area contributed by atoms with Gasteiger partial charge in [0.15, 0.2) is 0 Å². The summed E-state index contributed by atoms with van der Waals surface area (Å²) in [6.07, 6.45) is 3.34. The van der Waals surface area contributed by atoms with Crippen LogP contribution in [0.2, 0.25) is 0 Å². The number of hydrogen-bond donors (Lipinski definition) is 2. The Bertz CT molecular complexity index is 385. The lowest BCUT2D eigenvalue weighted by Crippen LogP contribution is -2.48. The molecule has 114 valence electrons. The maximum Gasteiger partial charge on any atom is 0.317 e. The lowest BCUT2D eigenvalue weighted by atomic mass is 9.80. The van der Waals surface area contributed by atoms with Gasteiger partial charge in [0.05, 0.1) is 5.92 Å². The van der Waals surface area contributed by atoms with Gasteiger partial charge in [-0.3, -0.25) is 4.79 Å². The lowest BCUT2D eigenvalue weighted by Gasteiger charge is -2.34. The van der Waals surface area contributed by atoms with E-state index in [4.69, 9.17) is 5.11 Å². The number of amides is 2. The largest absolute Gasteiger partial charge is 0.481 e. The van der Waals surface area contributed by atoms with E-state index in [0.29, 0.717) is 19.0 Å². The van der Waals surface area contributed by atoms with E-state index in [1.54, 1.807) is 4.90 Å². The van der Waals surface area contributed by atoms with Gasteiger partial charge in [-0.1, -0.05) is 20.8 Å². The maximum absolute atomic E-state index is 12.3. The fourth-order valence-corrected chi connectivity index (χ4v) is 3.58. The van der Waals surface area contributed by atoms with Crippen molar-refractivity contribution < 1.29 is 14.7 Å². The molecule has 5 nitrogen and oxygen atoms in total. The summed E-state index contributed by atoms with van der Waals surface area (Å²) in [7, 11) is 0. The average Bonchev–Trinajstić information content (AvgIpc) is 2.75. The monoisotopic (exact) mass is 282 g/mol. The van der Waals surface area contributed by atoms with E-state index >= 15 is 0 Å². The first-order valence-corrected chi connectivity index (χ1v) is 7.66. The van der Waals surface area contributed by atoms with Crippen LogP contribution in [0.5, 0.6) is 0 Å². The third-order valence-corrected chi connectivity index (χ3v) is 4.96. The number of rotatable bonds is 2. The predicted octanol–water partition coefficient (Wildman–Crippen LogP) is 2.17. The molecule has 5 heteroatoms. The zero-order valence-corrected chi connectivity index (χ0v) is 12.6.